The average molecular weight is 454 g/mol. The van der Waals surface area contributed by atoms with Crippen LogP contribution < -0.4 is 5.32 Å². The van der Waals surface area contributed by atoms with Gasteiger partial charge in [-0.2, -0.15) is 0 Å². The molecule has 5 heteroatoms. The maximum atomic E-state index is 12.3. The molecule has 2 N–H and O–H groups in total. The molecule has 160 valence electrons. The van der Waals surface area contributed by atoms with Crippen molar-refractivity contribution >= 4 is 29.1 Å². The minimum absolute atomic E-state index is 0.0706. The van der Waals surface area contributed by atoms with Crippen molar-refractivity contribution in [2.24, 2.45) is 0 Å². The van der Waals surface area contributed by atoms with Gasteiger partial charge < -0.3 is 10.4 Å². The van der Waals surface area contributed by atoms with Gasteiger partial charge in [0.2, 0.25) is 0 Å². The van der Waals surface area contributed by atoms with Crippen molar-refractivity contribution in [1.29, 1.82) is 0 Å². The van der Waals surface area contributed by atoms with Gasteiger partial charge in [-0.3, -0.25) is 4.79 Å². The van der Waals surface area contributed by atoms with Gasteiger partial charge in [0, 0.05) is 22.2 Å². The molecule has 0 fully saturated rings. The highest BCUT2D eigenvalue weighted by atomic mass is 35.5. The van der Waals surface area contributed by atoms with Crippen LogP contribution in [-0.4, -0.2) is 24.2 Å². The Balaban J connectivity index is 1.52. The maximum absolute atomic E-state index is 12.3. The highest BCUT2D eigenvalue weighted by Gasteiger charge is 2.23. The minimum atomic E-state index is -0.172. The fourth-order valence-corrected chi connectivity index (χ4v) is 4.84. The van der Waals surface area contributed by atoms with Gasteiger partial charge in [0.15, 0.2) is 0 Å². The van der Waals surface area contributed by atoms with Gasteiger partial charge in [0.1, 0.15) is 0 Å². The zero-order valence-electron chi connectivity index (χ0n) is 17.2. The van der Waals surface area contributed by atoms with Gasteiger partial charge in [-0.1, -0.05) is 59.6 Å². The number of rotatable bonds is 7. The Morgan fingerprint density at radius 2 is 1.87 bits per heavy atom. The molecule has 4 rings (SSSR count). The van der Waals surface area contributed by atoms with Crippen LogP contribution in [0.2, 0.25) is 10.0 Å². The average Bonchev–Trinajstić information content (AvgIpc) is 3.19. The molecule has 0 saturated carbocycles. The summed E-state index contributed by atoms with van der Waals surface area (Å²) in [4.78, 5) is 12.3. The second-order valence-corrected chi connectivity index (χ2v) is 8.83. The molecule has 1 unspecified atom stereocenters. The highest BCUT2D eigenvalue weighted by molar-refractivity contribution is 6.35. The zero-order valence-corrected chi connectivity index (χ0v) is 18.7. The van der Waals surface area contributed by atoms with Crippen molar-refractivity contribution in [3.63, 3.8) is 0 Å². The van der Waals surface area contributed by atoms with Crippen LogP contribution >= 0.6 is 23.2 Å². The molecule has 3 aromatic rings. The van der Waals surface area contributed by atoms with E-state index in [2.05, 4.69) is 23.5 Å². The molecule has 0 aromatic heterocycles. The molecule has 0 spiro atoms. The Morgan fingerprint density at radius 3 is 2.68 bits per heavy atom. The highest BCUT2D eigenvalue weighted by Crippen LogP contribution is 2.39. The maximum Gasteiger partial charge on any atom is 0.251 e. The second kappa shape index (κ2) is 9.86. The van der Waals surface area contributed by atoms with E-state index in [4.69, 9.17) is 28.3 Å². The molecule has 1 aliphatic rings. The van der Waals surface area contributed by atoms with E-state index < -0.39 is 0 Å². The lowest BCUT2D eigenvalue weighted by Gasteiger charge is -2.14. The van der Waals surface area contributed by atoms with E-state index in [1.54, 1.807) is 6.07 Å². The Labute approximate surface area is 193 Å². The molecule has 1 atom stereocenters. The number of aryl methyl sites for hydroxylation is 2. The Kier molecular flexibility index (Phi) is 6.96. The smallest absolute Gasteiger partial charge is 0.251 e. The van der Waals surface area contributed by atoms with E-state index in [1.807, 2.05) is 36.4 Å². The third kappa shape index (κ3) is 5.12. The van der Waals surface area contributed by atoms with E-state index in [1.165, 1.54) is 11.1 Å². The summed E-state index contributed by atoms with van der Waals surface area (Å²) in [7, 11) is 0. The van der Waals surface area contributed by atoms with Crippen molar-refractivity contribution < 1.29 is 9.90 Å². The monoisotopic (exact) mass is 453 g/mol. The third-order valence-corrected chi connectivity index (χ3v) is 6.57. The lowest BCUT2D eigenvalue weighted by Crippen LogP contribution is -2.26. The van der Waals surface area contributed by atoms with E-state index in [9.17, 15) is 4.79 Å². The molecule has 3 nitrogen and oxygen atoms in total. The summed E-state index contributed by atoms with van der Waals surface area (Å²) in [6.07, 6.45) is 4.21. The van der Waals surface area contributed by atoms with Gasteiger partial charge in [-0.25, -0.2) is 0 Å². The van der Waals surface area contributed by atoms with E-state index in [0.29, 0.717) is 16.5 Å². The fraction of sp³-hybridized carbons (Fsp3) is 0.269. The van der Waals surface area contributed by atoms with Crippen LogP contribution in [0.15, 0.2) is 60.7 Å². The first-order valence-electron chi connectivity index (χ1n) is 10.6. The summed E-state index contributed by atoms with van der Waals surface area (Å²) < 4.78 is 0. The normalized spacial score (nSPS) is 15.0. The van der Waals surface area contributed by atoms with Crippen LogP contribution in [0.1, 0.15) is 45.8 Å². The Bertz CT molecular complexity index is 1100. The van der Waals surface area contributed by atoms with E-state index in [0.717, 1.165) is 47.4 Å². The van der Waals surface area contributed by atoms with Crippen LogP contribution in [0.4, 0.5) is 0 Å². The first kappa shape index (κ1) is 21.9. The quantitative estimate of drug-likeness (QED) is 0.457. The van der Waals surface area contributed by atoms with Crippen LogP contribution in [0, 0.1) is 0 Å². The Hall–Kier alpha value is -2.33. The number of carbonyl (C=O) groups is 1. The lowest BCUT2D eigenvalue weighted by molar-refractivity contribution is 0.0945. The molecule has 1 amide bonds. The number of amides is 1. The second-order valence-electron chi connectivity index (χ2n) is 7.98. The lowest BCUT2D eigenvalue weighted by atomic mass is 9.91. The first-order chi connectivity index (χ1) is 15.0. The van der Waals surface area contributed by atoms with Crippen LogP contribution in [-0.2, 0) is 12.8 Å². The first-order valence-corrected chi connectivity index (χ1v) is 11.4. The molecule has 1 aliphatic carbocycles. The number of nitrogens with one attached hydrogen (secondary N) is 1. The minimum Gasteiger partial charge on any atom is -0.395 e. The van der Waals surface area contributed by atoms with Crippen LogP contribution in [0.5, 0.6) is 0 Å². The van der Waals surface area contributed by atoms with Crippen molar-refractivity contribution in [3.8, 4) is 11.1 Å². The van der Waals surface area contributed by atoms with Gasteiger partial charge in [0.25, 0.3) is 5.91 Å². The molecule has 0 heterocycles. The molecule has 0 bridgehead atoms. The van der Waals surface area contributed by atoms with E-state index >= 15 is 0 Å². The summed E-state index contributed by atoms with van der Waals surface area (Å²) in [5.74, 6) is 0.326. The largest absolute Gasteiger partial charge is 0.395 e. The zero-order chi connectivity index (χ0) is 21.8. The number of hydrogen-bond donors (Lipinski definition) is 2. The summed E-state index contributed by atoms with van der Waals surface area (Å²) in [5.41, 5.74) is 6.68. The van der Waals surface area contributed by atoms with Crippen molar-refractivity contribution in [3.05, 3.63) is 93.0 Å². The number of aliphatic hydroxyl groups is 1. The molecule has 0 radical (unpaired) electrons. The predicted molar refractivity (Wildman–Crippen MR) is 127 cm³/mol. The van der Waals surface area contributed by atoms with Crippen molar-refractivity contribution in [2.75, 3.05) is 13.2 Å². The van der Waals surface area contributed by atoms with Gasteiger partial charge in [0.05, 0.1) is 6.61 Å². The molecular weight excluding hydrogens is 429 g/mol. The fourth-order valence-electron chi connectivity index (χ4n) is 4.33. The van der Waals surface area contributed by atoms with Crippen LogP contribution in [0.25, 0.3) is 11.1 Å². The van der Waals surface area contributed by atoms with Crippen LogP contribution in [0.3, 0.4) is 0 Å². The van der Waals surface area contributed by atoms with E-state index in [-0.39, 0.29) is 19.1 Å². The third-order valence-electron chi connectivity index (χ3n) is 5.98. The molecule has 0 saturated heterocycles. The number of benzene rings is 3. The molecule has 0 aliphatic heterocycles. The Morgan fingerprint density at radius 1 is 1.03 bits per heavy atom. The number of carbonyl (C=O) groups excluding carboxylic acids is 1. The SMILES string of the molecule is O=C(NCCO)c1cccc(-c2ccc3c(c2)C(CCc2ccc(Cl)cc2Cl)CC3)c1. The summed E-state index contributed by atoms with van der Waals surface area (Å²) in [6, 6.07) is 20.0. The molecule has 31 heavy (non-hydrogen) atoms. The molecular formula is C26H25Cl2NO2. The number of hydrogen-bond acceptors (Lipinski definition) is 2. The number of fused-ring (bicyclic) bond motifs is 1. The molecule has 3 aromatic carbocycles. The van der Waals surface area contributed by atoms with Crippen molar-refractivity contribution in [2.45, 2.75) is 31.6 Å². The summed E-state index contributed by atoms with van der Waals surface area (Å²) >= 11 is 12.4. The van der Waals surface area contributed by atoms with Gasteiger partial charge in [-0.15, -0.1) is 0 Å². The number of halogens is 2. The van der Waals surface area contributed by atoms with Gasteiger partial charge in [-0.05, 0) is 83.7 Å². The van der Waals surface area contributed by atoms with Crippen molar-refractivity contribution in [1.82, 2.24) is 5.32 Å². The van der Waals surface area contributed by atoms with Gasteiger partial charge >= 0.3 is 0 Å². The summed E-state index contributed by atoms with van der Waals surface area (Å²) in [6.45, 7) is 0.181. The predicted octanol–water partition coefficient (Wildman–Crippen LogP) is 6.05. The number of aliphatic hydroxyl groups excluding tert-OH is 1. The summed E-state index contributed by atoms with van der Waals surface area (Å²) in [5, 5.41) is 13.0. The topological polar surface area (TPSA) is 49.3 Å². The standard InChI is InChI=1S/C26H25Cl2NO2/c27-23-11-10-19(25(28)16-23)8-6-17-4-5-18-7-9-21(15-24(17)18)20-2-1-3-22(14-20)26(31)29-12-13-30/h1-3,7,9-11,14-17,30H,4-6,8,12-13H2,(H,29,31).